The van der Waals surface area contributed by atoms with Gasteiger partial charge in [0.2, 0.25) is 0 Å². The van der Waals surface area contributed by atoms with Gasteiger partial charge in [0.25, 0.3) is 0 Å². The predicted octanol–water partition coefficient (Wildman–Crippen LogP) is 2.53. The van der Waals surface area contributed by atoms with E-state index in [0.29, 0.717) is 0 Å². The summed E-state index contributed by atoms with van der Waals surface area (Å²) in [7, 11) is 0. The van der Waals surface area contributed by atoms with Crippen LogP contribution in [-0.4, -0.2) is 32.9 Å². The summed E-state index contributed by atoms with van der Waals surface area (Å²) in [5.41, 5.74) is 2.80. The van der Waals surface area contributed by atoms with Crippen LogP contribution in [0, 0.1) is 0 Å². The highest BCUT2D eigenvalue weighted by molar-refractivity contribution is 5.45. The molecule has 0 amide bonds. The van der Waals surface area contributed by atoms with Gasteiger partial charge in [0.15, 0.2) is 0 Å². The van der Waals surface area contributed by atoms with Gasteiger partial charge < -0.3 is 14.8 Å². The van der Waals surface area contributed by atoms with Crippen LogP contribution in [0.15, 0.2) is 18.2 Å². The zero-order valence-corrected chi connectivity index (χ0v) is 12.3. The van der Waals surface area contributed by atoms with Gasteiger partial charge in [0.05, 0.1) is 19.8 Å². The standard InChI is InChI=1S/C16H25NO2/c1-4-17-8-10-18-9-7-13-5-6-15-14(11-13)16(2,3)12-19-15/h5-6,11,17H,4,7-10,12H2,1-3H3. The van der Waals surface area contributed by atoms with E-state index in [4.69, 9.17) is 9.47 Å². The molecule has 0 fully saturated rings. The van der Waals surface area contributed by atoms with Crippen LogP contribution >= 0.6 is 0 Å². The molecular weight excluding hydrogens is 238 g/mol. The molecule has 0 aliphatic carbocycles. The minimum absolute atomic E-state index is 0.136. The fourth-order valence-electron chi connectivity index (χ4n) is 2.34. The maximum atomic E-state index is 5.70. The van der Waals surface area contributed by atoms with E-state index >= 15 is 0 Å². The van der Waals surface area contributed by atoms with Crippen LogP contribution in [-0.2, 0) is 16.6 Å². The molecule has 0 saturated heterocycles. The molecule has 0 atom stereocenters. The van der Waals surface area contributed by atoms with E-state index in [-0.39, 0.29) is 5.41 Å². The Balaban J connectivity index is 1.82. The first-order chi connectivity index (χ1) is 9.13. The third kappa shape index (κ3) is 3.71. The van der Waals surface area contributed by atoms with Crippen molar-refractivity contribution >= 4 is 0 Å². The average molecular weight is 263 g/mol. The normalized spacial score (nSPS) is 16.2. The Labute approximate surface area is 116 Å². The molecule has 19 heavy (non-hydrogen) atoms. The summed E-state index contributed by atoms with van der Waals surface area (Å²) < 4.78 is 11.3. The number of rotatable bonds is 7. The quantitative estimate of drug-likeness (QED) is 0.767. The van der Waals surface area contributed by atoms with Crippen molar-refractivity contribution in [3.8, 4) is 5.75 Å². The van der Waals surface area contributed by atoms with Gasteiger partial charge in [-0.1, -0.05) is 32.9 Å². The molecule has 0 radical (unpaired) electrons. The third-order valence-electron chi connectivity index (χ3n) is 3.57. The molecule has 1 N–H and O–H groups in total. The van der Waals surface area contributed by atoms with Gasteiger partial charge in [-0.05, 0) is 24.6 Å². The van der Waals surface area contributed by atoms with Crippen molar-refractivity contribution in [3.63, 3.8) is 0 Å². The number of hydrogen-bond acceptors (Lipinski definition) is 3. The van der Waals surface area contributed by atoms with E-state index in [1.807, 2.05) is 0 Å². The van der Waals surface area contributed by atoms with E-state index in [1.165, 1.54) is 11.1 Å². The van der Waals surface area contributed by atoms with Crippen molar-refractivity contribution in [1.82, 2.24) is 5.32 Å². The summed E-state index contributed by atoms with van der Waals surface area (Å²) in [5, 5.41) is 3.25. The summed E-state index contributed by atoms with van der Waals surface area (Å²) in [6, 6.07) is 6.52. The first kappa shape index (κ1) is 14.4. The minimum atomic E-state index is 0.136. The molecule has 3 nitrogen and oxygen atoms in total. The molecule has 0 spiro atoms. The maximum Gasteiger partial charge on any atom is 0.123 e. The van der Waals surface area contributed by atoms with Crippen molar-refractivity contribution in [1.29, 1.82) is 0 Å². The van der Waals surface area contributed by atoms with E-state index < -0.39 is 0 Å². The van der Waals surface area contributed by atoms with Crippen LogP contribution in [0.2, 0.25) is 0 Å². The highest BCUT2D eigenvalue weighted by atomic mass is 16.5. The Kier molecular flexibility index (Phi) is 4.83. The van der Waals surface area contributed by atoms with E-state index in [2.05, 4.69) is 44.3 Å². The molecule has 0 bridgehead atoms. The zero-order valence-electron chi connectivity index (χ0n) is 12.3. The van der Waals surface area contributed by atoms with Crippen LogP contribution in [0.3, 0.4) is 0 Å². The van der Waals surface area contributed by atoms with Gasteiger partial charge in [-0.25, -0.2) is 0 Å². The summed E-state index contributed by atoms with van der Waals surface area (Å²) in [5.74, 6) is 1.04. The van der Waals surface area contributed by atoms with Gasteiger partial charge in [-0.2, -0.15) is 0 Å². The first-order valence-corrected chi connectivity index (χ1v) is 7.18. The van der Waals surface area contributed by atoms with Gasteiger partial charge in [0.1, 0.15) is 5.75 Å². The molecule has 0 unspecified atom stereocenters. The van der Waals surface area contributed by atoms with Crippen LogP contribution in [0.1, 0.15) is 31.9 Å². The minimum Gasteiger partial charge on any atom is -0.492 e. The number of hydrogen-bond donors (Lipinski definition) is 1. The van der Waals surface area contributed by atoms with Gasteiger partial charge in [-0.15, -0.1) is 0 Å². The number of ether oxygens (including phenoxy) is 2. The van der Waals surface area contributed by atoms with Crippen molar-refractivity contribution in [2.24, 2.45) is 0 Å². The van der Waals surface area contributed by atoms with Gasteiger partial charge >= 0.3 is 0 Å². The second-order valence-electron chi connectivity index (χ2n) is 5.72. The molecule has 1 heterocycles. The van der Waals surface area contributed by atoms with Gasteiger partial charge in [-0.3, -0.25) is 0 Å². The molecule has 1 aliphatic rings. The topological polar surface area (TPSA) is 30.5 Å². The molecular formula is C16H25NO2. The summed E-state index contributed by atoms with van der Waals surface area (Å²) >= 11 is 0. The monoisotopic (exact) mass is 263 g/mol. The molecule has 1 aromatic carbocycles. The highest BCUT2D eigenvalue weighted by Gasteiger charge is 2.31. The van der Waals surface area contributed by atoms with Gasteiger partial charge in [0, 0.05) is 17.5 Å². The van der Waals surface area contributed by atoms with Crippen LogP contribution in [0.4, 0.5) is 0 Å². The predicted molar refractivity (Wildman–Crippen MR) is 78.0 cm³/mol. The Hall–Kier alpha value is -1.06. The summed E-state index contributed by atoms with van der Waals surface area (Å²) in [6.45, 7) is 10.9. The highest BCUT2D eigenvalue weighted by Crippen LogP contribution is 2.38. The summed E-state index contributed by atoms with van der Waals surface area (Å²) in [6.07, 6.45) is 0.968. The van der Waals surface area contributed by atoms with Crippen molar-refractivity contribution in [2.45, 2.75) is 32.6 Å². The Bertz CT molecular complexity index is 415. The number of fused-ring (bicyclic) bond motifs is 1. The van der Waals surface area contributed by atoms with Crippen molar-refractivity contribution in [3.05, 3.63) is 29.3 Å². The smallest absolute Gasteiger partial charge is 0.123 e. The van der Waals surface area contributed by atoms with E-state index in [1.54, 1.807) is 0 Å². The molecule has 3 heteroatoms. The second kappa shape index (κ2) is 6.40. The lowest BCUT2D eigenvalue weighted by atomic mass is 9.86. The third-order valence-corrected chi connectivity index (χ3v) is 3.57. The molecule has 0 aromatic heterocycles. The van der Waals surface area contributed by atoms with Crippen LogP contribution < -0.4 is 10.1 Å². The summed E-state index contributed by atoms with van der Waals surface area (Å²) in [4.78, 5) is 0. The number of nitrogens with one attached hydrogen (secondary N) is 1. The van der Waals surface area contributed by atoms with Crippen molar-refractivity contribution < 1.29 is 9.47 Å². The Morgan fingerprint density at radius 2 is 2.16 bits per heavy atom. The lowest BCUT2D eigenvalue weighted by molar-refractivity contribution is 0.139. The molecule has 0 saturated carbocycles. The van der Waals surface area contributed by atoms with E-state index in [9.17, 15) is 0 Å². The fourth-order valence-corrected chi connectivity index (χ4v) is 2.34. The SMILES string of the molecule is CCNCCOCCc1ccc2c(c1)C(C)(C)CO2. The fraction of sp³-hybridized carbons (Fsp3) is 0.625. The molecule has 106 valence electrons. The van der Waals surface area contributed by atoms with Crippen LogP contribution in [0.25, 0.3) is 0 Å². The first-order valence-electron chi connectivity index (χ1n) is 7.18. The van der Waals surface area contributed by atoms with Crippen LogP contribution in [0.5, 0.6) is 5.75 Å². The molecule has 1 aliphatic heterocycles. The maximum absolute atomic E-state index is 5.70. The number of benzene rings is 1. The largest absolute Gasteiger partial charge is 0.492 e. The number of likely N-dealkylation sites (N-methyl/N-ethyl adjacent to an activating group) is 1. The zero-order chi connectivity index (χ0) is 13.7. The van der Waals surface area contributed by atoms with Crippen molar-refractivity contribution in [2.75, 3.05) is 32.9 Å². The Morgan fingerprint density at radius 3 is 2.95 bits per heavy atom. The lowest BCUT2D eigenvalue weighted by Gasteiger charge is -2.15. The average Bonchev–Trinajstić information content (AvgIpc) is 2.70. The Morgan fingerprint density at radius 1 is 1.32 bits per heavy atom. The van der Waals surface area contributed by atoms with E-state index in [0.717, 1.165) is 45.1 Å². The molecule has 2 rings (SSSR count). The second-order valence-corrected chi connectivity index (χ2v) is 5.72. The lowest BCUT2D eigenvalue weighted by Crippen LogP contribution is -2.19. The molecule has 1 aromatic rings.